The molecular formula is C22H30N4O2. The van der Waals surface area contributed by atoms with Crippen LogP contribution in [0.15, 0.2) is 48.5 Å². The second-order valence-electron chi connectivity index (χ2n) is 7.00. The summed E-state index contributed by atoms with van der Waals surface area (Å²) in [4.78, 5) is 25.0. The van der Waals surface area contributed by atoms with Crippen LogP contribution in [0.25, 0.3) is 0 Å². The van der Waals surface area contributed by atoms with Gasteiger partial charge in [-0.15, -0.1) is 0 Å². The highest BCUT2D eigenvalue weighted by atomic mass is 16.2. The van der Waals surface area contributed by atoms with Gasteiger partial charge < -0.3 is 21.7 Å². The second kappa shape index (κ2) is 11.1. The molecule has 0 aliphatic rings. The fourth-order valence-electron chi connectivity index (χ4n) is 2.73. The van der Waals surface area contributed by atoms with E-state index in [2.05, 4.69) is 16.0 Å². The number of aryl methyl sites for hydroxylation is 2. The van der Waals surface area contributed by atoms with Crippen molar-refractivity contribution in [2.45, 2.75) is 45.7 Å². The maximum atomic E-state index is 12.7. The summed E-state index contributed by atoms with van der Waals surface area (Å²) in [5, 5.41) is 8.47. The van der Waals surface area contributed by atoms with Gasteiger partial charge in [0, 0.05) is 12.2 Å². The predicted octanol–water partition coefficient (Wildman–Crippen LogP) is 3.24. The van der Waals surface area contributed by atoms with Crippen LogP contribution in [0, 0.1) is 13.8 Å². The number of urea groups is 1. The number of unbranched alkanes of at least 4 members (excludes halogenated alkanes) is 1. The standard InChI is InChI=1S/C22H30N4O2/c1-16-6-10-18(11-7-16)15-24-22(28)26-20(5-3-4-14-23)21(27)25-19-12-8-17(2)9-13-19/h6-13,20H,3-5,14-15,23H2,1-2H3,(H,25,27)(H2,24,26,28)/t20-/m0/s1. The highest BCUT2D eigenvalue weighted by Gasteiger charge is 2.20. The molecule has 0 aliphatic heterocycles. The number of anilines is 1. The highest BCUT2D eigenvalue weighted by Crippen LogP contribution is 2.11. The second-order valence-corrected chi connectivity index (χ2v) is 7.00. The van der Waals surface area contributed by atoms with Crippen LogP contribution in [-0.4, -0.2) is 24.5 Å². The van der Waals surface area contributed by atoms with E-state index in [0.717, 1.165) is 24.0 Å². The molecule has 2 aromatic carbocycles. The number of carbonyl (C=O) groups is 2. The summed E-state index contributed by atoms with van der Waals surface area (Å²) in [7, 11) is 0. The monoisotopic (exact) mass is 382 g/mol. The molecule has 2 aromatic rings. The number of rotatable bonds is 9. The molecule has 0 bridgehead atoms. The van der Waals surface area contributed by atoms with Crippen LogP contribution in [0.5, 0.6) is 0 Å². The van der Waals surface area contributed by atoms with Crippen molar-refractivity contribution < 1.29 is 9.59 Å². The Hall–Kier alpha value is -2.86. The smallest absolute Gasteiger partial charge is 0.315 e. The van der Waals surface area contributed by atoms with E-state index in [1.165, 1.54) is 5.56 Å². The van der Waals surface area contributed by atoms with Crippen molar-refractivity contribution in [1.82, 2.24) is 10.6 Å². The zero-order valence-corrected chi connectivity index (χ0v) is 16.6. The fourth-order valence-corrected chi connectivity index (χ4v) is 2.73. The van der Waals surface area contributed by atoms with Crippen LogP contribution in [0.4, 0.5) is 10.5 Å². The fraction of sp³-hybridized carbons (Fsp3) is 0.364. The number of nitrogens with one attached hydrogen (secondary N) is 3. The van der Waals surface area contributed by atoms with E-state index in [-0.39, 0.29) is 11.9 Å². The van der Waals surface area contributed by atoms with E-state index < -0.39 is 6.04 Å². The van der Waals surface area contributed by atoms with Crippen molar-refractivity contribution in [3.05, 3.63) is 65.2 Å². The number of hydrogen-bond acceptors (Lipinski definition) is 3. The minimum absolute atomic E-state index is 0.230. The van der Waals surface area contributed by atoms with Gasteiger partial charge >= 0.3 is 6.03 Å². The summed E-state index contributed by atoms with van der Waals surface area (Å²) in [6.45, 7) is 4.97. The molecule has 0 saturated heterocycles. The molecule has 3 amide bonds. The van der Waals surface area contributed by atoms with Crippen molar-refractivity contribution in [2.75, 3.05) is 11.9 Å². The minimum atomic E-state index is -0.620. The summed E-state index contributed by atoms with van der Waals surface area (Å²) in [6, 6.07) is 14.5. The van der Waals surface area contributed by atoms with Gasteiger partial charge in [-0.1, -0.05) is 47.5 Å². The summed E-state index contributed by atoms with van der Waals surface area (Å²) in [5.41, 5.74) is 9.55. The first kappa shape index (κ1) is 21.4. The third kappa shape index (κ3) is 7.40. The van der Waals surface area contributed by atoms with E-state index in [1.54, 1.807) is 0 Å². The van der Waals surface area contributed by atoms with Crippen molar-refractivity contribution in [3.8, 4) is 0 Å². The topological polar surface area (TPSA) is 96.2 Å². The third-order valence-electron chi connectivity index (χ3n) is 4.46. The molecule has 2 rings (SSSR count). The van der Waals surface area contributed by atoms with Crippen LogP contribution in [0.1, 0.15) is 36.0 Å². The van der Waals surface area contributed by atoms with Gasteiger partial charge in [-0.3, -0.25) is 4.79 Å². The average Bonchev–Trinajstić information content (AvgIpc) is 2.68. The molecule has 0 heterocycles. The van der Waals surface area contributed by atoms with Crippen molar-refractivity contribution in [2.24, 2.45) is 5.73 Å². The first-order chi connectivity index (χ1) is 13.5. The average molecular weight is 383 g/mol. The number of hydrogen-bond donors (Lipinski definition) is 4. The van der Waals surface area contributed by atoms with Gasteiger partial charge in [0.25, 0.3) is 0 Å². The summed E-state index contributed by atoms with van der Waals surface area (Å²) < 4.78 is 0. The van der Waals surface area contributed by atoms with E-state index >= 15 is 0 Å². The molecular weight excluding hydrogens is 352 g/mol. The van der Waals surface area contributed by atoms with Gasteiger partial charge in [0.2, 0.25) is 5.91 Å². The van der Waals surface area contributed by atoms with Crippen molar-refractivity contribution in [1.29, 1.82) is 0 Å². The van der Waals surface area contributed by atoms with Crippen LogP contribution in [0.2, 0.25) is 0 Å². The number of carbonyl (C=O) groups excluding carboxylic acids is 2. The van der Waals surface area contributed by atoms with E-state index in [4.69, 9.17) is 5.73 Å². The van der Waals surface area contributed by atoms with E-state index in [0.29, 0.717) is 25.2 Å². The van der Waals surface area contributed by atoms with E-state index in [9.17, 15) is 9.59 Å². The van der Waals surface area contributed by atoms with Gasteiger partial charge in [-0.05, 0) is 57.4 Å². The lowest BCUT2D eigenvalue weighted by atomic mass is 10.1. The lowest BCUT2D eigenvalue weighted by Crippen LogP contribution is -2.47. The largest absolute Gasteiger partial charge is 0.334 e. The highest BCUT2D eigenvalue weighted by molar-refractivity contribution is 5.97. The third-order valence-corrected chi connectivity index (χ3v) is 4.46. The summed E-state index contributed by atoms with van der Waals surface area (Å²) >= 11 is 0. The molecule has 1 atom stereocenters. The summed E-state index contributed by atoms with van der Waals surface area (Å²) in [5.74, 6) is -0.230. The minimum Gasteiger partial charge on any atom is -0.334 e. The Labute approximate surface area is 166 Å². The molecule has 0 aliphatic carbocycles. The number of amides is 3. The SMILES string of the molecule is Cc1ccc(CNC(=O)N[C@@H](CCCCN)C(=O)Nc2ccc(C)cc2)cc1. The van der Waals surface area contributed by atoms with E-state index in [1.807, 2.05) is 62.4 Å². The molecule has 6 heteroatoms. The number of nitrogens with two attached hydrogens (primary N) is 1. The molecule has 0 radical (unpaired) electrons. The Balaban J connectivity index is 1.92. The van der Waals surface area contributed by atoms with Crippen LogP contribution >= 0.6 is 0 Å². The molecule has 150 valence electrons. The van der Waals surface area contributed by atoms with Gasteiger partial charge in [0.1, 0.15) is 6.04 Å². The first-order valence-electron chi connectivity index (χ1n) is 9.65. The Kier molecular flexibility index (Phi) is 8.49. The van der Waals surface area contributed by atoms with Crippen LogP contribution in [0.3, 0.4) is 0 Å². The normalized spacial score (nSPS) is 11.5. The molecule has 0 fully saturated rings. The summed E-state index contributed by atoms with van der Waals surface area (Å²) in [6.07, 6.45) is 2.11. The molecule has 0 spiro atoms. The molecule has 6 nitrogen and oxygen atoms in total. The number of benzene rings is 2. The first-order valence-corrected chi connectivity index (χ1v) is 9.65. The molecule has 0 saturated carbocycles. The van der Waals surface area contributed by atoms with Crippen molar-refractivity contribution in [3.63, 3.8) is 0 Å². The maximum Gasteiger partial charge on any atom is 0.315 e. The Bertz CT molecular complexity index is 757. The lowest BCUT2D eigenvalue weighted by Gasteiger charge is -2.19. The van der Waals surface area contributed by atoms with Crippen LogP contribution in [-0.2, 0) is 11.3 Å². The predicted molar refractivity (Wildman–Crippen MR) is 113 cm³/mol. The quantitative estimate of drug-likeness (QED) is 0.501. The Morgan fingerprint density at radius 2 is 1.54 bits per heavy atom. The van der Waals surface area contributed by atoms with Gasteiger partial charge in [0.15, 0.2) is 0 Å². The molecule has 28 heavy (non-hydrogen) atoms. The maximum absolute atomic E-state index is 12.7. The molecule has 0 unspecified atom stereocenters. The lowest BCUT2D eigenvalue weighted by molar-refractivity contribution is -0.118. The Morgan fingerprint density at radius 1 is 0.929 bits per heavy atom. The van der Waals surface area contributed by atoms with Crippen molar-refractivity contribution >= 4 is 17.6 Å². The zero-order chi connectivity index (χ0) is 20.4. The van der Waals surface area contributed by atoms with Gasteiger partial charge in [-0.2, -0.15) is 0 Å². The molecule has 5 N–H and O–H groups in total. The zero-order valence-electron chi connectivity index (χ0n) is 16.6. The van der Waals surface area contributed by atoms with Gasteiger partial charge in [-0.25, -0.2) is 4.79 Å². The van der Waals surface area contributed by atoms with Crippen LogP contribution < -0.4 is 21.7 Å². The Morgan fingerprint density at radius 3 is 2.14 bits per heavy atom. The van der Waals surface area contributed by atoms with Gasteiger partial charge in [0.05, 0.1) is 0 Å². The molecule has 0 aromatic heterocycles.